The van der Waals surface area contributed by atoms with Crippen LogP contribution in [0.15, 0.2) is 11.6 Å². The van der Waals surface area contributed by atoms with Gasteiger partial charge in [-0.05, 0) is 26.3 Å². The van der Waals surface area contributed by atoms with Gasteiger partial charge in [0.2, 0.25) is 0 Å². The lowest BCUT2D eigenvalue weighted by molar-refractivity contribution is -0.132. The Bertz CT molecular complexity index is 330. The van der Waals surface area contributed by atoms with Crippen molar-refractivity contribution in [3.05, 3.63) is 11.6 Å². The second-order valence-corrected chi connectivity index (χ2v) is 5.10. The molecule has 2 saturated heterocycles. The molecule has 102 valence electrons. The van der Waals surface area contributed by atoms with Crippen LogP contribution in [0.4, 0.5) is 0 Å². The van der Waals surface area contributed by atoms with E-state index in [0.717, 1.165) is 19.7 Å². The average Bonchev–Trinajstić information content (AvgIpc) is 2.81. The minimum atomic E-state index is -0.856. The van der Waals surface area contributed by atoms with Gasteiger partial charge in [0.05, 0.1) is 12.7 Å². The highest BCUT2D eigenvalue weighted by molar-refractivity contribution is 5.85. The second-order valence-electron chi connectivity index (χ2n) is 5.10. The Kier molecular flexibility index (Phi) is 4.74. The van der Waals surface area contributed by atoms with E-state index in [1.165, 1.54) is 19.4 Å². The fourth-order valence-corrected chi connectivity index (χ4v) is 2.57. The maximum atomic E-state index is 10.6. The van der Waals surface area contributed by atoms with Crippen LogP contribution >= 0.6 is 0 Å². The Morgan fingerprint density at radius 2 is 2.44 bits per heavy atom. The summed E-state index contributed by atoms with van der Waals surface area (Å²) < 4.78 is 5.81. The molecule has 2 fully saturated rings. The number of carboxylic acids is 1. The zero-order valence-electron chi connectivity index (χ0n) is 10.9. The summed E-state index contributed by atoms with van der Waals surface area (Å²) in [6, 6.07) is 0.635. The van der Waals surface area contributed by atoms with Crippen LogP contribution in [0, 0.1) is 0 Å². The van der Waals surface area contributed by atoms with Crippen LogP contribution in [0.3, 0.4) is 0 Å². The number of carboxylic acid groups (broad SMARTS) is 1. The third kappa shape index (κ3) is 3.54. The quantitative estimate of drug-likeness (QED) is 0.551. The number of hydrogen-bond donors (Lipinski definition) is 2. The number of morpholine rings is 1. The van der Waals surface area contributed by atoms with E-state index in [-0.39, 0.29) is 6.10 Å². The van der Waals surface area contributed by atoms with Crippen LogP contribution in [0.2, 0.25) is 0 Å². The molecule has 18 heavy (non-hydrogen) atoms. The SMILES string of the molecule is CC(=CCNCC1CN2CCCC2CO1)C(=O)O. The second kappa shape index (κ2) is 6.31. The fraction of sp³-hybridized carbons (Fsp3) is 0.769. The van der Waals surface area contributed by atoms with E-state index in [4.69, 9.17) is 9.84 Å². The highest BCUT2D eigenvalue weighted by atomic mass is 16.5. The summed E-state index contributed by atoms with van der Waals surface area (Å²) in [5.41, 5.74) is 0.381. The Hall–Kier alpha value is -0.910. The Labute approximate surface area is 108 Å². The molecule has 0 saturated carbocycles. The molecule has 2 rings (SSSR count). The van der Waals surface area contributed by atoms with E-state index in [0.29, 0.717) is 18.2 Å². The van der Waals surface area contributed by atoms with Crippen LogP contribution in [0.5, 0.6) is 0 Å². The minimum Gasteiger partial charge on any atom is -0.478 e. The molecule has 5 heteroatoms. The number of carbonyl (C=O) groups is 1. The Balaban J connectivity index is 1.65. The maximum absolute atomic E-state index is 10.6. The first kappa shape index (κ1) is 13.5. The summed E-state index contributed by atoms with van der Waals surface area (Å²) in [5.74, 6) is -0.856. The highest BCUT2D eigenvalue weighted by Crippen LogP contribution is 2.22. The predicted octanol–water partition coefficient (Wildman–Crippen LogP) is 0.470. The van der Waals surface area contributed by atoms with Gasteiger partial charge in [-0.3, -0.25) is 4.90 Å². The van der Waals surface area contributed by atoms with Crippen LogP contribution in [0.1, 0.15) is 19.8 Å². The maximum Gasteiger partial charge on any atom is 0.330 e. The van der Waals surface area contributed by atoms with Gasteiger partial charge in [0.1, 0.15) is 0 Å². The summed E-state index contributed by atoms with van der Waals surface area (Å²) >= 11 is 0. The van der Waals surface area contributed by atoms with Gasteiger partial charge in [-0.25, -0.2) is 4.79 Å². The molecule has 0 aromatic heterocycles. The first-order valence-electron chi connectivity index (χ1n) is 6.63. The third-order valence-corrected chi connectivity index (χ3v) is 3.72. The van der Waals surface area contributed by atoms with Gasteiger partial charge in [-0.15, -0.1) is 0 Å². The van der Waals surface area contributed by atoms with Crippen LogP contribution in [-0.2, 0) is 9.53 Å². The number of rotatable bonds is 5. The predicted molar refractivity (Wildman–Crippen MR) is 68.6 cm³/mol. The number of aliphatic carboxylic acids is 1. The first-order valence-corrected chi connectivity index (χ1v) is 6.63. The molecular weight excluding hydrogens is 232 g/mol. The minimum absolute atomic E-state index is 0.234. The molecule has 2 unspecified atom stereocenters. The van der Waals surface area contributed by atoms with Crippen molar-refractivity contribution in [2.24, 2.45) is 0 Å². The van der Waals surface area contributed by atoms with E-state index in [9.17, 15) is 4.79 Å². The largest absolute Gasteiger partial charge is 0.478 e. The lowest BCUT2D eigenvalue weighted by atomic mass is 10.2. The molecule has 0 aromatic rings. The van der Waals surface area contributed by atoms with Gasteiger partial charge in [-0.2, -0.15) is 0 Å². The van der Waals surface area contributed by atoms with E-state index in [1.54, 1.807) is 13.0 Å². The molecular formula is C13H22N2O3. The summed E-state index contributed by atoms with van der Waals surface area (Å²) in [5, 5.41) is 11.9. The molecule has 0 spiro atoms. The molecule has 0 radical (unpaired) electrons. The molecule has 2 heterocycles. The van der Waals surface area contributed by atoms with Crippen molar-refractivity contribution in [3.8, 4) is 0 Å². The monoisotopic (exact) mass is 254 g/mol. The molecule has 2 atom stereocenters. The summed E-state index contributed by atoms with van der Waals surface area (Å²) in [6.45, 7) is 6.02. The zero-order chi connectivity index (χ0) is 13.0. The van der Waals surface area contributed by atoms with Crippen molar-refractivity contribution in [1.29, 1.82) is 0 Å². The number of nitrogens with one attached hydrogen (secondary N) is 1. The van der Waals surface area contributed by atoms with Crippen molar-refractivity contribution in [3.63, 3.8) is 0 Å². The Morgan fingerprint density at radius 1 is 1.61 bits per heavy atom. The molecule has 0 aliphatic carbocycles. The molecule has 0 bridgehead atoms. The number of nitrogens with zero attached hydrogens (tertiary/aromatic N) is 1. The van der Waals surface area contributed by atoms with Crippen LogP contribution in [-0.4, -0.2) is 60.9 Å². The van der Waals surface area contributed by atoms with E-state index in [2.05, 4.69) is 10.2 Å². The van der Waals surface area contributed by atoms with Gasteiger partial charge in [0.25, 0.3) is 0 Å². The zero-order valence-corrected chi connectivity index (χ0v) is 10.9. The molecule has 2 N–H and O–H groups in total. The van der Waals surface area contributed by atoms with E-state index in [1.807, 2.05) is 0 Å². The molecule has 5 nitrogen and oxygen atoms in total. The smallest absolute Gasteiger partial charge is 0.330 e. The third-order valence-electron chi connectivity index (χ3n) is 3.72. The van der Waals surface area contributed by atoms with E-state index >= 15 is 0 Å². The number of fused-ring (bicyclic) bond motifs is 1. The van der Waals surface area contributed by atoms with Gasteiger partial charge in [0, 0.05) is 31.2 Å². The first-order chi connectivity index (χ1) is 8.66. The van der Waals surface area contributed by atoms with Gasteiger partial charge < -0.3 is 15.2 Å². The number of hydrogen-bond acceptors (Lipinski definition) is 4. The highest BCUT2D eigenvalue weighted by Gasteiger charge is 2.31. The molecule has 0 amide bonds. The normalized spacial score (nSPS) is 29.3. The number of ether oxygens (including phenoxy) is 1. The molecule has 0 aromatic carbocycles. The van der Waals surface area contributed by atoms with Crippen LogP contribution < -0.4 is 5.32 Å². The van der Waals surface area contributed by atoms with Crippen molar-refractivity contribution in [2.75, 3.05) is 32.8 Å². The van der Waals surface area contributed by atoms with Crippen molar-refractivity contribution < 1.29 is 14.6 Å². The summed E-state index contributed by atoms with van der Waals surface area (Å²) in [4.78, 5) is 13.1. The van der Waals surface area contributed by atoms with Crippen molar-refractivity contribution >= 4 is 5.97 Å². The van der Waals surface area contributed by atoms with Crippen molar-refractivity contribution in [2.45, 2.75) is 31.9 Å². The lowest BCUT2D eigenvalue weighted by Crippen LogP contribution is -2.49. The van der Waals surface area contributed by atoms with Gasteiger partial charge in [0.15, 0.2) is 0 Å². The Morgan fingerprint density at radius 3 is 3.22 bits per heavy atom. The standard InChI is InChI=1S/C13H22N2O3/c1-10(13(16)17)4-5-14-7-12-8-15-6-2-3-11(15)9-18-12/h4,11-12,14H,2-3,5-9H2,1H3,(H,16,17). The lowest BCUT2D eigenvalue weighted by Gasteiger charge is -2.35. The molecule has 2 aliphatic rings. The van der Waals surface area contributed by atoms with Crippen LogP contribution in [0.25, 0.3) is 0 Å². The average molecular weight is 254 g/mol. The molecule has 2 aliphatic heterocycles. The fourth-order valence-electron chi connectivity index (χ4n) is 2.57. The van der Waals surface area contributed by atoms with E-state index < -0.39 is 5.97 Å². The summed E-state index contributed by atoms with van der Waals surface area (Å²) in [6.07, 6.45) is 4.48. The summed E-state index contributed by atoms with van der Waals surface area (Å²) in [7, 11) is 0. The van der Waals surface area contributed by atoms with Crippen molar-refractivity contribution in [1.82, 2.24) is 10.2 Å². The topological polar surface area (TPSA) is 61.8 Å². The van der Waals surface area contributed by atoms with Gasteiger partial charge >= 0.3 is 5.97 Å². The van der Waals surface area contributed by atoms with Gasteiger partial charge in [-0.1, -0.05) is 6.08 Å².